The smallest absolute Gasteiger partial charge is 0.212 e. The third-order valence-electron chi connectivity index (χ3n) is 3.60. The second-order valence-corrected chi connectivity index (χ2v) is 4.89. The number of amides is 1. The van der Waals surface area contributed by atoms with Gasteiger partial charge in [0.15, 0.2) is 0 Å². The van der Waals surface area contributed by atoms with E-state index in [2.05, 4.69) is 34.3 Å². The number of fused-ring (bicyclic) bond motifs is 1. The van der Waals surface area contributed by atoms with Gasteiger partial charge in [0.05, 0.1) is 5.52 Å². The number of rotatable bonds is 4. The second-order valence-electron chi connectivity index (χ2n) is 4.89. The van der Waals surface area contributed by atoms with Crippen molar-refractivity contribution in [3.63, 3.8) is 0 Å². The van der Waals surface area contributed by atoms with Crippen LogP contribution in [-0.4, -0.2) is 16.4 Å². The SMILES string of the molecule is C[C@@H](c1ccccc1)c1cncc2ccc(NC=O)nc12. The fraction of sp³-hybridized carbons (Fsp3) is 0.118. The van der Waals surface area contributed by atoms with E-state index in [1.54, 1.807) is 12.3 Å². The van der Waals surface area contributed by atoms with Crippen molar-refractivity contribution in [3.05, 3.63) is 66.0 Å². The Morgan fingerprint density at radius 2 is 1.90 bits per heavy atom. The topological polar surface area (TPSA) is 54.9 Å². The number of benzene rings is 1. The van der Waals surface area contributed by atoms with Crippen molar-refractivity contribution in [2.24, 2.45) is 0 Å². The zero-order valence-corrected chi connectivity index (χ0v) is 11.7. The van der Waals surface area contributed by atoms with Crippen LogP contribution in [0.5, 0.6) is 0 Å². The molecule has 0 aliphatic heterocycles. The molecule has 0 aliphatic rings. The molecular weight excluding hydrogens is 262 g/mol. The van der Waals surface area contributed by atoms with Crippen LogP contribution in [-0.2, 0) is 4.79 Å². The normalized spacial score (nSPS) is 12.0. The average molecular weight is 277 g/mol. The number of carbonyl (C=O) groups is 1. The number of hydrogen-bond donors (Lipinski definition) is 1. The van der Waals surface area contributed by atoms with Crippen molar-refractivity contribution in [2.75, 3.05) is 5.32 Å². The molecular formula is C17H15N3O. The summed E-state index contributed by atoms with van der Waals surface area (Å²) in [6.07, 6.45) is 4.27. The molecule has 0 radical (unpaired) electrons. The van der Waals surface area contributed by atoms with Crippen LogP contribution in [0, 0.1) is 0 Å². The van der Waals surface area contributed by atoms with E-state index in [1.807, 2.05) is 30.5 Å². The number of anilines is 1. The molecule has 1 aromatic carbocycles. The van der Waals surface area contributed by atoms with E-state index in [-0.39, 0.29) is 5.92 Å². The molecule has 0 unspecified atom stereocenters. The summed E-state index contributed by atoms with van der Waals surface area (Å²) in [5, 5.41) is 3.56. The highest BCUT2D eigenvalue weighted by atomic mass is 16.1. The van der Waals surface area contributed by atoms with Crippen LogP contribution in [0.4, 0.5) is 5.82 Å². The molecule has 3 rings (SSSR count). The van der Waals surface area contributed by atoms with Gasteiger partial charge >= 0.3 is 0 Å². The van der Waals surface area contributed by atoms with Crippen LogP contribution in [0.15, 0.2) is 54.9 Å². The van der Waals surface area contributed by atoms with Crippen molar-refractivity contribution in [3.8, 4) is 0 Å². The predicted molar refractivity (Wildman–Crippen MR) is 83.2 cm³/mol. The summed E-state index contributed by atoms with van der Waals surface area (Å²) in [6.45, 7) is 2.13. The summed E-state index contributed by atoms with van der Waals surface area (Å²) in [5.41, 5.74) is 3.13. The lowest BCUT2D eigenvalue weighted by atomic mass is 9.93. The van der Waals surface area contributed by atoms with E-state index in [1.165, 1.54) is 5.56 Å². The maximum atomic E-state index is 10.6. The lowest BCUT2D eigenvalue weighted by Crippen LogP contribution is -2.02. The molecule has 2 aromatic heterocycles. The zero-order valence-electron chi connectivity index (χ0n) is 11.7. The Morgan fingerprint density at radius 1 is 1.10 bits per heavy atom. The highest BCUT2D eigenvalue weighted by Crippen LogP contribution is 2.29. The van der Waals surface area contributed by atoms with Crippen molar-refractivity contribution in [2.45, 2.75) is 12.8 Å². The molecule has 0 saturated carbocycles. The van der Waals surface area contributed by atoms with Crippen molar-refractivity contribution in [1.82, 2.24) is 9.97 Å². The molecule has 0 aliphatic carbocycles. The summed E-state index contributed by atoms with van der Waals surface area (Å²) < 4.78 is 0. The van der Waals surface area contributed by atoms with E-state index >= 15 is 0 Å². The molecule has 3 aromatic rings. The maximum absolute atomic E-state index is 10.6. The van der Waals surface area contributed by atoms with Gasteiger partial charge in [0.2, 0.25) is 6.41 Å². The van der Waals surface area contributed by atoms with Crippen molar-refractivity contribution in [1.29, 1.82) is 0 Å². The summed E-state index contributed by atoms with van der Waals surface area (Å²) in [6, 6.07) is 13.9. The minimum atomic E-state index is 0.182. The molecule has 4 heteroatoms. The molecule has 1 atom stereocenters. The van der Waals surface area contributed by atoms with E-state index in [0.29, 0.717) is 12.2 Å². The lowest BCUT2D eigenvalue weighted by molar-refractivity contribution is -0.105. The Morgan fingerprint density at radius 3 is 2.67 bits per heavy atom. The van der Waals surface area contributed by atoms with Crippen LogP contribution in [0.1, 0.15) is 24.0 Å². The largest absolute Gasteiger partial charge is 0.313 e. The van der Waals surface area contributed by atoms with E-state index < -0.39 is 0 Å². The van der Waals surface area contributed by atoms with E-state index in [4.69, 9.17) is 0 Å². The van der Waals surface area contributed by atoms with Gasteiger partial charge in [-0.1, -0.05) is 37.3 Å². The quantitative estimate of drug-likeness (QED) is 0.744. The van der Waals surface area contributed by atoms with Crippen molar-refractivity contribution >= 4 is 23.1 Å². The van der Waals surface area contributed by atoms with Gasteiger partial charge in [-0.05, 0) is 17.7 Å². The van der Waals surface area contributed by atoms with Gasteiger partial charge < -0.3 is 5.32 Å². The highest BCUT2D eigenvalue weighted by molar-refractivity contribution is 5.84. The first kappa shape index (κ1) is 13.2. The second kappa shape index (κ2) is 5.71. The number of pyridine rings is 2. The standard InChI is InChI=1S/C17H15N3O/c1-12(13-5-3-2-4-6-13)15-10-18-9-14-7-8-16(19-11-21)20-17(14)15/h2-12H,1H3,(H,19,20,21)/t12-/m0/s1. The number of carbonyl (C=O) groups excluding carboxylic acids is 1. The first-order valence-electron chi connectivity index (χ1n) is 6.79. The molecule has 104 valence electrons. The lowest BCUT2D eigenvalue weighted by Gasteiger charge is -2.14. The number of nitrogens with one attached hydrogen (secondary N) is 1. The molecule has 2 heterocycles. The van der Waals surface area contributed by atoms with Gasteiger partial charge in [-0.3, -0.25) is 9.78 Å². The zero-order chi connectivity index (χ0) is 14.7. The predicted octanol–water partition coefficient (Wildman–Crippen LogP) is 3.35. The minimum absolute atomic E-state index is 0.182. The third kappa shape index (κ3) is 2.60. The molecule has 0 saturated heterocycles. The van der Waals surface area contributed by atoms with Gasteiger partial charge in [-0.15, -0.1) is 0 Å². The van der Waals surface area contributed by atoms with Crippen LogP contribution >= 0.6 is 0 Å². The molecule has 0 spiro atoms. The Hall–Kier alpha value is -2.75. The number of hydrogen-bond acceptors (Lipinski definition) is 3. The molecule has 21 heavy (non-hydrogen) atoms. The molecule has 0 fully saturated rings. The van der Waals surface area contributed by atoms with E-state index in [0.717, 1.165) is 16.5 Å². The summed E-state index contributed by atoms with van der Waals surface area (Å²) in [5.74, 6) is 0.728. The van der Waals surface area contributed by atoms with Crippen LogP contribution in [0.25, 0.3) is 10.9 Å². The van der Waals surface area contributed by atoms with Gasteiger partial charge in [-0.2, -0.15) is 0 Å². The summed E-state index contributed by atoms with van der Waals surface area (Å²) >= 11 is 0. The summed E-state index contributed by atoms with van der Waals surface area (Å²) in [7, 11) is 0. The number of nitrogens with zero attached hydrogens (tertiary/aromatic N) is 2. The maximum Gasteiger partial charge on any atom is 0.212 e. The van der Waals surface area contributed by atoms with Gasteiger partial charge in [0.25, 0.3) is 0 Å². The van der Waals surface area contributed by atoms with Crippen molar-refractivity contribution < 1.29 is 4.79 Å². The molecule has 1 amide bonds. The minimum Gasteiger partial charge on any atom is -0.313 e. The van der Waals surface area contributed by atoms with Gasteiger partial charge in [-0.25, -0.2) is 4.98 Å². The third-order valence-corrected chi connectivity index (χ3v) is 3.60. The van der Waals surface area contributed by atoms with Gasteiger partial charge in [0, 0.05) is 29.3 Å². The van der Waals surface area contributed by atoms with Gasteiger partial charge in [0.1, 0.15) is 5.82 Å². The van der Waals surface area contributed by atoms with Crippen LogP contribution < -0.4 is 5.32 Å². The first-order chi connectivity index (χ1) is 10.3. The number of aromatic nitrogens is 2. The fourth-order valence-corrected chi connectivity index (χ4v) is 2.44. The Bertz CT molecular complexity index is 771. The molecule has 1 N–H and O–H groups in total. The highest BCUT2D eigenvalue weighted by Gasteiger charge is 2.13. The average Bonchev–Trinajstić information content (AvgIpc) is 2.55. The van der Waals surface area contributed by atoms with Crippen LogP contribution in [0.3, 0.4) is 0 Å². The summed E-state index contributed by atoms with van der Waals surface area (Å²) in [4.78, 5) is 19.4. The Balaban J connectivity index is 2.13. The van der Waals surface area contributed by atoms with Crippen LogP contribution in [0.2, 0.25) is 0 Å². The fourth-order valence-electron chi connectivity index (χ4n) is 2.44. The molecule has 0 bridgehead atoms. The Kier molecular flexibility index (Phi) is 3.60. The first-order valence-corrected chi connectivity index (χ1v) is 6.79. The molecule has 4 nitrogen and oxygen atoms in total. The van der Waals surface area contributed by atoms with E-state index in [9.17, 15) is 4.79 Å². The Labute approximate surface area is 122 Å². The monoisotopic (exact) mass is 277 g/mol.